The minimum atomic E-state index is -1.21. The lowest BCUT2D eigenvalue weighted by molar-refractivity contribution is -0.121. The molecule has 3 atom stereocenters. The molecule has 1 fully saturated rings. The molecule has 3 aliphatic heterocycles. The zero-order chi connectivity index (χ0) is 72.5. The Kier molecular flexibility index (Phi) is 24.1. The number of aromatic nitrogens is 4. The number of rotatable bonds is 32. The van der Waals surface area contributed by atoms with E-state index in [1.165, 1.54) is 32.7 Å². The van der Waals surface area contributed by atoms with Crippen molar-refractivity contribution in [2.75, 3.05) is 83.0 Å². The third-order valence-electron chi connectivity index (χ3n) is 19.1. The summed E-state index contributed by atoms with van der Waals surface area (Å²) >= 11 is 3.48. The van der Waals surface area contributed by atoms with Gasteiger partial charge in [0.1, 0.15) is 29.4 Å². The fourth-order valence-corrected chi connectivity index (χ4v) is 15.9. The Morgan fingerprint density at radius 2 is 1.09 bits per heavy atom. The van der Waals surface area contributed by atoms with E-state index in [0.29, 0.717) is 69.9 Å². The van der Waals surface area contributed by atoms with Gasteiger partial charge in [-0.3, -0.25) is 43.6 Å². The number of nitrogens with zero attached hydrogens (tertiary/aromatic N) is 6. The Labute approximate surface area is 618 Å². The van der Waals surface area contributed by atoms with Crippen LogP contribution in [0.1, 0.15) is 84.6 Å². The molecule has 0 spiro atoms. The topological polar surface area (TPSA) is 235 Å². The van der Waals surface area contributed by atoms with E-state index in [4.69, 9.17) is 18.9 Å². The average molecular weight is 1450 g/mol. The highest BCUT2D eigenvalue weighted by Crippen LogP contribution is 2.49. The fourth-order valence-electron chi connectivity index (χ4n) is 13.6. The first-order chi connectivity index (χ1) is 51.4. The van der Waals surface area contributed by atoms with Crippen LogP contribution in [0.25, 0.3) is 40.0 Å². The number of amides is 3. The molecule has 10 aromatic rings. The van der Waals surface area contributed by atoms with Crippen LogP contribution in [-0.4, -0.2) is 133 Å². The maximum atomic E-state index is 13.6. The molecule has 3 amide bonds. The standard InChI is InChI=1S/C83H84N10O10S2/c1-100-63-35-31-61(32-36-63)83(60-18-4-3-5-19-60,62-33-37-64(101-2)38-34-62)102-56-72-71(94)54-78(103-72)93-55-59(81(98)89-82(93)99)30-39-77(97)88-46-51-90(49-44-86-75(95)28-14-16-47-91-69-24-10-12-26-73(69)104-79(91)52-57-40-42-84-67-22-8-6-20-65(57)67)50-45-87-76(96)29-15-17-48-92-70-25-11-13-27-74(70)105-80(92)53-58-41-43-85-68-23-9-7-21-66(58)68/h3-13,18-27,30-43,52-53,55,71-72,78,94H,14-17,28-29,44-51,54,56H2,1-2H3,(H,86,95)(H,87,96)(H,88,97)(H,89,98,99)/b39-30+,79-52-,80-53-/t71-,72+,78+/m0/s1. The highest BCUT2D eigenvalue weighted by Gasteiger charge is 2.42. The number of thioether (sulfide) groups is 2. The molecule has 105 heavy (non-hydrogen) atoms. The van der Waals surface area contributed by atoms with Gasteiger partial charge >= 0.3 is 5.69 Å². The summed E-state index contributed by atoms with van der Waals surface area (Å²) in [6, 6.07) is 62.0. The SMILES string of the molecule is COc1ccc(C(OC[C@H]2O[C@@H](n3cc(/C=C/C(=O)NCCN(CCNC(=O)CCCCN4/C(=C/c5ccnc6ccccc56)Sc5ccccc54)CCNC(=O)CCCCN4/C(=C/c5ccnc6ccccc56)Sc5ccccc54)c(=O)[nH]c3=O)C[C@@H]2O)(c2ccccc2)c2ccc(OC)cc2)cc1. The van der Waals surface area contributed by atoms with Crippen LogP contribution in [0.15, 0.2) is 242 Å². The number of benzene rings is 7. The summed E-state index contributed by atoms with van der Waals surface area (Å²) in [6.45, 7) is 3.48. The predicted molar refractivity (Wildman–Crippen MR) is 415 cm³/mol. The molecule has 22 heteroatoms. The van der Waals surface area contributed by atoms with E-state index in [-0.39, 0.29) is 37.0 Å². The van der Waals surface area contributed by atoms with Crippen LogP contribution in [0.2, 0.25) is 0 Å². The van der Waals surface area contributed by atoms with Crippen LogP contribution in [0, 0.1) is 0 Å². The highest BCUT2D eigenvalue weighted by atomic mass is 32.2. The van der Waals surface area contributed by atoms with Crippen LogP contribution in [0.5, 0.6) is 11.5 Å². The van der Waals surface area contributed by atoms with Gasteiger partial charge in [-0.1, -0.05) is 139 Å². The molecule has 0 radical (unpaired) electrons. The zero-order valence-electron chi connectivity index (χ0n) is 58.6. The summed E-state index contributed by atoms with van der Waals surface area (Å²) in [5.74, 6) is 0.687. The lowest BCUT2D eigenvalue weighted by Gasteiger charge is -2.37. The third kappa shape index (κ3) is 17.6. The van der Waals surface area contributed by atoms with Crippen molar-refractivity contribution >= 4 is 92.7 Å². The van der Waals surface area contributed by atoms with Crippen LogP contribution >= 0.6 is 23.5 Å². The van der Waals surface area contributed by atoms with Gasteiger partial charge in [-0.25, -0.2) is 4.79 Å². The molecule has 6 heterocycles. The van der Waals surface area contributed by atoms with Crippen molar-refractivity contribution in [3.63, 3.8) is 0 Å². The molecule has 7 aromatic carbocycles. The van der Waals surface area contributed by atoms with Gasteiger partial charge in [-0.05, 0) is 145 Å². The Balaban J connectivity index is 0.623. The van der Waals surface area contributed by atoms with E-state index in [2.05, 4.69) is 118 Å². The number of carbonyl (C=O) groups excluding carboxylic acids is 3. The largest absolute Gasteiger partial charge is 0.497 e. The number of methoxy groups -OCH3 is 2. The van der Waals surface area contributed by atoms with Gasteiger partial charge in [-0.15, -0.1) is 0 Å². The Hall–Kier alpha value is -10.6. The molecular formula is C83H84N10O10S2. The van der Waals surface area contributed by atoms with Gasteiger partial charge in [-0.2, -0.15) is 0 Å². The van der Waals surface area contributed by atoms with E-state index in [1.54, 1.807) is 37.7 Å². The van der Waals surface area contributed by atoms with Gasteiger partial charge in [0.2, 0.25) is 17.7 Å². The maximum Gasteiger partial charge on any atom is 0.330 e. The number of ether oxygens (including phenoxy) is 4. The summed E-state index contributed by atoms with van der Waals surface area (Å²) in [7, 11) is 3.20. The van der Waals surface area contributed by atoms with Crippen molar-refractivity contribution in [1.29, 1.82) is 0 Å². The van der Waals surface area contributed by atoms with Crippen molar-refractivity contribution in [3.05, 3.63) is 277 Å². The van der Waals surface area contributed by atoms with Gasteiger partial charge in [0.15, 0.2) is 0 Å². The fraction of sp³-hybridized carbons (Fsp3) is 0.265. The normalized spacial score (nSPS) is 16.4. The number of nitrogens with one attached hydrogen (secondary N) is 4. The Morgan fingerprint density at radius 3 is 1.62 bits per heavy atom. The second-order valence-electron chi connectivity index (χ2n) is 25.8. The molecule has 0 aliphatic carbocycles. The van der Waals surface area contributed by atoms with Crippen molar-refractivity contribution in [2.45, 2.75) is 78.8 Å². The van der Waals surface area contributed by atoms with Gasteiger partial charge in [0, 0.05) is 117 Å². The molecule has 0 saturated carbocycles. The first kappa shape index (κ1) is 72.8. The van der Waals surface area contributed by atoms with Crippen LogP contribution in [-0.2, 0) is 29.5 Å². The molecule has 538 valence electrons. The molecule has 1 saturated heterocycles. The first-order valence-corrected chi connectivity index (χ1v) is 37.1. The second-order valence-corrected chi connectivity index (χ2v) is 27.9. The van der Waals surface area contributed by atoms with Crippen LogP contribution in [0.4, 0.5) is 11.4 Å². The van der Waals surface area contributed by atoms with Crippen LogP contribution < -0.4 is 46.5 Å². The van der Waals surface area contributed by atoms with E-state index in [9.17, 15) is 29.1 Å². The first-order valence-electron chi connectivity index (χ1n) is 35.5. The monoisotopic (exact) mass is 1440 g/mol. The Bertz CT molecular complexity index is 4690. The lowest BCUT2D eigenvalue weighted by atomic mass is 9.80. The number of pyridine rings is 2. The van der Waals surface area contributed by atoms with Crippen molar-refractivity contribution in [1.82, 2.24) is 40.4 Å². The number of aromatic amines is 1. The predicted octanol–water partition coefficient (Wildman–Crippen LogP) is 12.5. The van der Waals surface area contributed by atoms with E-state index in [1.807, 2.05) is 140 Å². The van der Waals surface area contributed by atoms with Crippen molar-refractivity contribution < 1.29 is 38.4 Å². The number of carbonyl (C=O) groups is 3. The maximum absolute atomic E-state index is 13.6. The average Bonchev–Trinajstić information content (AvgIpc) is 1.37. The van der Waals surface area contributed by atoms with Gasteiger partial charge in [0.05, 0.1) is 65.0 Å². The number of aliphatic hydroxyl groups excluding tert-OH is 1. The molecule has 5 N–H and O–H groups in total. The molecule has 13 rings (SSSR count). The number of hydrogen-bond acceptors (Lipinski definition) is 17. The summed E-state index contributed by atoms with van der Waals surface area (Å²) in [4.78, 5) is 88.0. The van der Waals surface area contributed by atoms with Crippen molar-refractivity contribution in [3.8, 4) is 11.5 Å². The zero-order valence-corrected chi connectivity index (χ0v) is 60.2. The van der Waals surface area contributed by atoms with E-state index >= 15 is 0 Å². The third-order valence-corrected chi connectivity index (χ3v) is 21.3. The lowest BCUT2D eigenvalue weighted by Crippen LogP contribution is -2.42. The summed E-state index contributed by atoms with van der Waals surface area (Å²) in [5, 5.41) is 25.1. The number of para-hydroxylation sites is 4. The molecule has 20 nitrogen and oxygen atoms in total. The number of unbranched alkanes of at least 4 members (excludes halogenated alkanes) is 2. The van der Waals surface area contributed by atoms with Gasteiger partial charge < -0.3 is 49.8 Å². The van der Waals surface area contributed by atoms with E-state index in [0.717, 1.165) is 97.0 Å². The number of hydrogen-bond donors (Lipinski definition) is 5. The quantitative estimate of drug-likeness (QED) is 0.0150. The minimum absolute atomic E-state index is 0.00400. The summed E-state index contributed by atoms with van der Waals surface area (Å²) in [5.41, 5.74) is 6.05. The smallest absolute Gasteiger partial charge is 0.330 e. The summed E-state index contributed by atoms with van der Waals surface area (Å²) < 4.78 is 25.7. The number of anilines is 2. The number of H-pyrrole nitrogens is 1. The second kappa shape index (κ2) is 34.8. The number of fused-ring (bicyclic) bond motifs is 4. The Morgan fingerprint density at radius 1 is 0.600 bits per heavy atom. The molecule has 0 bridgehead atoms. The van der Waals surface area contributed by atoms with E-state index < -0.39 is 41.2 Å². The number of aliphatic hydroxyl groups is 1. The summed E-state index contributed by atoms with van der Waals surface area (Å²) in [6.07, 6.45) is 12.6. The highest BCUT2D eigenvalue weighted by molar-refractivity contribution is 8.04. The van der Waals surface area contributed by atoms with Crippen molar-refractivity contribution in [2.24, 2.45) is 0 Å². The van der Waals surface area contributed by atoms with Crippen LogP contribution in [0.3, 0.4) is 0 Å². The van der Waals surface area contributed by atoms with Gasteiger partial charge in [0.25, 0.3) is 5.56 Å². The molecule has 0 unspecified atom stereocenters. The molecular weight excluding hydrogens is 1360 g/mol. The molecule has 3 aliphatic rings. The minimum Gasteiger partial charge on any atom is -0.497 e. The molecule has 3 aromatic heterocycles.